The van der Waals surface area contributed by atoms with Crippen LogP contribution >= 0.6 is 0 Å². The third-order valence-corrected chi connectivity index (χ3v) is 6.67. The Morgan fingerprint density at radius 1 is 0.833 bits per heavy atom. The van der Waals surface area contributed by atoms with Gasteiger partial charge >= 0.3 is 5.69 Å². The molecule has 0 saturated carbocycles. The fraction of sp³-hybridized carbons (Fsp3) is 0.172. The van der Waals surface area contributed by atoms with Crippen molar-refractivity contribution in [1.29, 1.82) is 0 Å². The number of fused-ring (bicyclic) bond motifs is 3. The number of aryl methyl sites for hydroxylation is 1. The Hall–Kier alpha value is -4.52. The van der Waals surface area contributed by atoms with E-state index in [1.807, 2.05) is 89.8 Å². The summed E-state index contributed by atoms with van der Waals surface area (Å²) in [6.45, 7) is 4.32. The van der Waals surface area contributed by atoms with Crippen molar-refractivity contribution in [3.8, 4) is 22.8 Å². The molecule has 4 aromatic rings. The molecule has 0 atom stereocenters. The second-order valence-electron chi connectivity index (χ2n) is 9.02. The van der Waals surface area contributed by atoms with Crippen molar-refractivity contribution in [2.24, 2.45) is 0 Å². The van der Waals surface area contributed by atoms with Crippen molar-refractivity contribution >= 4 is 21.8 Å². The monoisotopic (exact) mass is 475 g/mol. The molecule has 1 aromatic heterocycles. The van der Waals surface area contributed by atoms with E-state index in [0.717, 1.165) is 51.7 Å². The summed E-state index contributed by atoms with van der Waals surface area (Å²) >= 11 is 0. The molecule has 178 valence electrons. The number of pyridine rings is 1. The summed E-state index contributed by atoms with van der Waals surface area (Å²) in [6.07, 6.45) is 1.61. The van der Waals surface area contributed by atoms with E-state index in [1.165, 1.54) is 4.57 Å². The molecule has 2 aliphatic rings. The zero-order valence-corrected chi connectivity index (χ0v) is 20.2. The second kappa shape index (κ2) is 8.61. The predicted molar refractivity (Wildman–Crippen MR) is 142 cm³/mol. The molecule has 0 amide bonds. The van der Waals surface area contributed by atoms with Crippen LogP contribution in [-0.4, -0.2) is 23.9 Å². The standard InChI is InChI=1S/C29H25N5O2/c1-3-4-16-32-28(35)25-18-24-19(2)31-34(22-12-6-5-7-13-22)27(24)33(26(25)30-29(32)36)23-15-14-20-10-8-9-11-21(20)17-23/h5-15,17-18H,3-4,16H2,1-2H3. The van der Waals surface area contributed by atoms with Gasteiger partial charge < -0.3 is 0 Å². The van der Waals surface area contributed by atoms with Crippen LogP contribution in [0.3, 0.4) is 0 Å². The Labute approximate surface area is 207 Å². The fourth-order valence-electron chi connectivity index (χ4n) is 4.81. The highest BCUT2D eigenvalue weighted by molar-refractivity contribution is 5.90. The maximum Gasteiger partial charge on any atom is 0.352 e. The van der Waals surface area contributed by atoms with E-state index in [-0.39, 0.29) is 5.56 Å². The minimum atomic E-state index is -0.530. The van der Waals surface area contributed by atoms with E-state index in [1.54, 1.807) is 0 Å². The van der Waals surface area contributed by atoms with Gasteiger partial charge in [0.15, 0.2) is 5.82 Å². The maximum atomic E-state index is 13.6. The van der Waals surface area contributed by atoms with Gasteiger partial charge in [0.05, 0.1) is 16.9 Å². The van der Waals surface area contributed by atoms with Gasteiger partial charge in [0.25, 0.3) is 5.56 Å². The lowest BCUT2D eigenvalue weighted by Gasteiger charge is -2.19. The molecule has 7 nitrogen and oxygen atoms in total. The number of unbranched alkanes of at least 4 members (excludes halogenated alkanes) is 1. The van der Waals surface area contributed by atoms with E-state index in [2.05, 4.69) is 17.1 Å². The normalized spacial score (nSPS) is 11.6. The molecule has 0 spiro atoms. The summed E-state index contributed by atoms with van der Waals surface area (Å²) in [5, 5.41) is 7.82. The van der Waals surface area contributed by atoms with Crippen LogP contribution in [0, 0.1) is 6.92 Å². The summed E-state index contributed by atoms with van der Waals surface area (Å²) in [7, 11) is 0. The molecule has 0 bridgehead atoms. The van der Waals surface area contributed by atoms with Gasteiger partial charge in [0, 0.05) is 17.6 Å². The van der Waals surface area contributed by atoms with Crippen molar-refractivity contribution < 1.29 is 0 Å². The zero-order valence-electron chi connectivity index (χ0n) is 20.2. The van der Waals surface area contributed by atoms with Gasteiger partial charge in [-0.1, -0.05) is 61.9 Å². The molecule has 0 unspecified atom stereocenters. The number of nitrogens with zero attached hydrogens (tertiary/aromatic N) is 5. The maximum absolute atomic E-state index is 13.6. The smallest absolute Gasteiger partial charge is 0.278 e. The van der Waals surface area contributed by atoms with Crippen molar-refractivity contribution in [2.75, 3.05) is 0 Å². The van der Waals surface area contributed by atoms with Gasteiger partial charge in [0.2, 0.25) is 0 Å². The third kappa shape index (κ3) is 3.43. The van der Waals surface area contributed by atoms with Crippen LogP contribution < -0.4 is 11.2 Å². The molecular weight excluding hydrogens is 450 g/mol. The summed E-state index contributed by atoms with van der Waals surface area (Å²) in [5.41, 5.74) is 2.78. The molecule has 7 heteroatoms. The molecule has 0 aliphatic carbocycles. The summed E-state index contributed by atoms with van der Waals surface area (Å²) in [5.74, 6) is 0.331. The molecule has 3 aromatic carbocycles. The van der Waals surface area contributed by atoms with Crippen LogP contribution in [0.15, 0.2) is 88.5 Å². The third-order valence-electron chi connectivity index (χ3n) is 6.67. The fourth-order valence-corrected chi connectivity index (χ4v) is 4.81. The average Bonchev–Trinajstić information content (AvgIpc) is 3.24. The predicted octanol–water partition coefficient (Wildman–Crippen LogP) is 5.10. The first-order valence-electron chi connectivity index (χ1n) is 12.2. The Kier molecular flexibility index (Phi) is 5.25. The zero-order chi connectivity index (χ0) is 24.8. The van der Waals surface area contributed by atoms with E-state index in [9.17, 15) is 9.59 Å². The molecule has 0 N–H and O–H groups in total. The topological polar surface area (TPSA) is 74.7 Å². The van der Waals surface area contributed by atoms with E-state index >= 15 is 0 Å². The first kappa shape index (κ1) is 22.0. The second-order valence-corrected chi connectivity index (χ2v) is 9.02. The van der Waals surface area contributed by atoms with Crippen LogP contribution in [-0.2, 0) is 6.54 Å². The largest absolute Gasteiger partial charge is 0.352 e. The van der Waals surface area contributed by atoms with Crippen molar-refractivity contribution in [3.63, 3.8) is 0 Å². The minimum Gasteiger partial charge on any atom is -0.278 e. The van der Waals surface area contributed by atoms with Crippen LogP contribution in [0.5, 0.6) is 0 Å². The van der Waals surface area contributed by atoms with E-state index in [4.69, 9.17) is 5.10 Å². The van der Waals surface area contributed by atoms with Crippen LogP contribution in [0.4, 0.5) is 0 Å². The summed E-state index contributed by atoms with van der Waals surface area (Å²) in [4.78, 5) is 31.1. The number of hydrogen-bond donors (Lipinski definition) is 0. The number of para-hydroxylation sites is 1. The minimum absolute atomic E-state index is 0.318. The van der Waals surface area contributed by atoms with Gasteiger partial charge in [-0.15, -0.1) is 0 Å². The Morgan fingerprint density at radius 2 is 1.58 bits per heavy atom. The van der Waals surface area contributed by atoms with Gasteiger partial charge in [-0.2, -0.15) is 10.1 Å². The highest BCUT2D eigenvalue weighted by Gasteiger charge is 2.25. The van der Waals surface area contributed by atoms with E-state index in [0.29, 0.717) is 17.9 Å². The number of rotatable bonds is 5. The number of benzene rings is 3. The molecular formula is C29H25N5O2. The molecule has 0 fully saturated rings. The quantitative estimate of drug-likeness (QED) is 0.348. The molecule has 2 aliphatic heterocycles. The van der Waals surface area contributed by atoms with Crippen molar-refractivity contribution in [1.82, 2.24) is 23.9 Å². The highest BCUT2D eigenvalue weighted by Crippen LogP contribution is 2.32. The Morgan fingerprint density at radius 3 is 2.36 bits per heavy atom. The number of aromatic nitrogens is 5. The Bertz CT molecular complexity index is 1830. The van der Waals surface area contributed by atoms with Crippen LogP contribution in [0.1, 0.15) is 25.5 Å². The molecule has 0 saturated heterocycles. The molecule has 36 heavy (non-hydrogen) atoms. The molecule has 6 rings (SSSR count). The highest BCUT2D eigenvalue weighted by atomic mass is 16.2. The summed E-state index contributed by atoms with van der Waals surface area (Å²) < 4.78 is 5.00. The van der Waals surface area contributed by atoms with Crippen molar-refractivity contribution in [2.45, 2.75) is 33.2 Å². The lowest BCUT2D eigenvalue weighted by molar-refractivity contribution is 0.582. The lowest BCUT2D eigenvalue weighted by atomic mass is 10.1. The van der Waals surface area contributed by atoms with Crippen molar-refractivity contribution in [3.05, 3.63) is 105 Å². The summed E-state index contributed by atoms with van der Waals surface area (Å²) in [6, 6.07) is 25.9. The van der Waals surface area contributed by atoms with Crippen LogP contribution in [0.2, 0.25) is 0 Å². The first-order valence-corrected chi connectivity index (χ1v) is 12.2. The van der Waals surface area contributed by atoms with Gasteiger partial charge in [-0.25, -0.2) is 9.48 Å². The van der Waals surface area contributed by atoms with Crippen LogP contribution in [0.25, 0.3) is 44.6 Å². The first-order chi connectivity index (χ1) is 17.6. The molecule has 0 radical (unpaired) electrons. The van der Waals surface area contributed by atoms with Gasteiger partial charge in [-0.05, 0) is 54.4 Å². The lowest BCUT2D eigenvalue weighted by Crippen LogP contribution is -2.38. The van der Waals surface area contributed by atoms with Gasteiger partial charge in [-0.3, -0.25) is 13.9 Å². The van der Waals surface area contributed by atoms with E-state index < -0.39 is 5.69 Å². The Balaban J connectivity index is 1.78. The number of hydrogen-bond acceptors (Lipinski definition) is 4. The van der Waals surface area contributed by atoms with Gasteiger partial charge in [0.1, 0.15) is 5.65 Å². The molecule has 3 heterocycles. The average molecular weight is 476 g/mol. The SMILES string of the molecule is CCCCn1c(=O)nc2n(-c3ccc4ccccc4c3)c3c(cc-2c1=O)c(C)nn3-c1ccccc1.